The molecule has 1 atom stereocenters. The molecule has 2 aromatic carbocycles. The van der Waals surface area contributed by atoms with Crippen LogP contribution < -0.4 is 4.90 Å². The Balaban J connectivity index is 1.92. The van der Waals surface area contributed by atoms with Gasteiger partial charge >= 0.3 is 0 Å². The van der Waals surface area contributed by atoms with Gasteiger partial charge in [0.15, 0.2) is 0 Å². The molecule has 0 aromatic heterocycles. The van der Waals surface area contributed by atoms with E-state index in [0.29, 0.717) is 11.8 Å². The van der Waals surface area contributed by atoms with Crippen molar-refractivity contribution in [2.24, 2.45) is 0 Å². The van der Waals surface area contributed by atoms with Gasteiger partial charge in [0.2, 0.25) is 0 Å². The van der Waals surface area contributed by atoms with Crippen molar-refractivity contribution >= 4 is 5.69 Å². The molecule has 0 saturated carbocycles. The Bertz CT molecular complexity index is 545. The number of nitrogens with zero attached hydrogens (tertiary/aromatic N) is 1. The van der Waals surface area contributed by atoms with Crippen LogP contribution in [-0.2, 0) is 12.8 Å². The van der Waals surface area contributed by atoms with Gasteiger partial charge in [-0.15, -0.1) is 0 Å². The van der Waals surface area contributed by atoms with E-state index in [1.54, 1.807) is 12.1 Å². The molecule has 2 heteroatoms. The third-order valence-electron chi connectivity index (χ3n) is 4.20. The number of phenolic OH excluding ortho intramolecular Hbond substituents is 1. The zero-order chi connectivity index (χ0) is 15.2. The molecule has 1 N–H and O–H groups in total. The first-order valence-corrected chi connectivity index (χ1v) is 7.70. The minimum absolute atomic E-state index is 0.333. The zero-order valence-corrected chi connectivity index (χ0v) is 13.2. The zero-order valence-electron chi connectivity index (χ0n) is 13.2. The smallest absolute Gasteiger partial charge is 0.115 e. The average Bonchev–Trinajstić information content (AvgIpc) is 2.53. The SMILES string of the molecule is CCc1ccc(N(C)C(C)CCc2ccc(O)cc2)cc1. The van der Waals surface area contributed by atoms with Crippen molar-refractivity contribution in [2.45, 2.75) is 39.2 Å². The third-order valence-corrected chi connectivity index (χ3v) is 4.20. The Kier molecular flexibility index (Phi) is 5.26. The highest BCUT2D eigenvalue weighted by Gasteiger charge is 2.10. The number of hydrogen-bond donors (Lipinski definition) is 1. The van der Waals surface area contributed by atoms with E-state index in [1.165, 1.54) is 16.8 Å². The summed E-state index contributed by atoms with van der Waals surface area (Å²) in [6.45, 7) is 4.44. The van der Waals surface area contributed by atoms with Crippen LogP contribution in [-0.4, -0.2) is 18.2 Å². The fraction of sp³-hybridized carbons (Fsp3) is 0.368. The number of rotatable bonds is 6. The predicted molar refractivity (Wildman–Crippen MR) is 90.1 cm³/mol. The Morgan fingerprint density at radius 3 is 2.10 bits per heavy atom. The van der Waals surface area contributed by atoms with Crippen molar-refractivity contribution < 1.29 is 5.11 Å². The van der Waals surface area contributed by atoms with Crippen LogP contribution in [0.5, 0.6) is 5.75 Å². The van der Waals surface area contributed by atoms with Gasteiger partial charge in [-0.05, 0) is 61.6 Å². The number of aromatic hydroxyl groups is 1. The second kappa shape index (κ2) is 7.16. The van der Waals surface area contributed by atoms with Gasteiger partial charge in [0, 0.05) is 18.8 Å². The summed E-state index contributed by atoms with van der Waals surface area (Å²) < 4.78 is 0. The summed E-state index contributed by atoms with van der Waals surface area (Å²) in [7, 11) is 2.16. The molecule has 0 aliphatic carbocycles. The molecular weight excluding hydrogens is 258 g/mol. The maximum absolute atomic E-state index is 9.31. The normalized spacial score (nSPS) is 12.1. The Labute approximate surface area is 128 Å². The molecule has 0 saturated heterocycles. The Hall–Kier alpha value is -1.96. The topological polar surface area (TPSA) is 23.5 Å². The quantitative estimate of drug-likeness (QED) is 0.848. The van der Waals surface area contributed by atoms with Crippen molar-refractivity contribution in [3.8, 4) is 5.75 Å². The molecule has 0 radical (unpaired) electrons. The van der Waals surface area contributed by atoms with Gasteiger partial charge in [-0.2, -0.15) is 0 Å². The molecule has 0 aliphatic rings. The number of aryl methyl sites for hydroxylation is 2. The van der Waals surface area contributed by atoms with Gasteiger partial charge in [-0.3, -0.25) is 0 Å². The predicted octanol–water partition coefficient (Wildman–Crippen LogP) is 4.41. The maximum atomic E-state index is 9.31. The molecule has 0 spiro atoms. The van der Waals surface area contributed by atoms with E-state index in [-0.39, 0.29) is 0 Å². The van der Waals surface area contributed by atoms with E-state index in [1.807, 2.05) is 12.1 Å². The summed E-state index contributed by atoms with van der Waals surface area (Å²) in [6, 6.07) is 16.8. The fourth-order valence-corrected chi connectivity index (χ4v) is 2.45. The van der Waals surface area contributed by atoms with E-state index in [2.05, 4.69) is 50.1 Å². The van der Waals surface area contributed by atoms with Crippen LogP contribution in [0, 0.1) is 0 Å². The molecule has 2 nitrogen and oxygen atoms in total. The van der Waals surface area contributed by atoms with Crippen LogP contribution in [0.4, 0.5) is 5.69 Å². The lowest BCUT2D eigenvalue weighted by Crippen LogP contribution is -2.29. The van der Waals surface area contributed by atoms with Crippen LogP contribution in [0.3, 0.4) is 0 Å². The van der Waals surface area contributed by atoms with Crippen molar-refractivity contribution in [1.82, 2.24) is 0 Å². The molecule has 0 fully saturated rings. The van der Waals surface area contributed by atoms with E-state index < -0.39 is 0 Å². The Morgan fingerprint density at radius 2 is 1.52 bits per heavy atom. The lowest BCUT2D eigenvalue weighted by molar-refractivity contribution is 0.475. The second-order valence-corrected chi connectivity index (χ2v) is 5.69. The largest absolute Gasteiger partial charge is 0.508 e. The summed E-state index contributed by atoms with van der Waals surface area (Å²) >= 11 is 0. The summed E-state index contributed by atoms with van der Waals surface area (Å²) in [4.78, 5) is 2.33. The van der Waals surface area contributed by atoms with Gasteiger partial charge < -0.3 is 10.0 Å². The van der Waals surface area contributed by atoms with Crippen molar-refractivity contribution in [2.75, 3.05) is 11.9 Å². The lowest BCUT2D eigenvalue weighted by Gasteiger charge is -2.27. The van der Waals surface area contributed by atoms with E-state index >= 15 is 0 Å². The standard InChI is InChI=1S/C19H25NO/c1-4-16-7-11-18(12-8-16)20(3)15(2)5-6-17-9-13-19(21)14-10-17/h7-15,21H,4-6H2,1-3H3. The monoisotopic (exact) mass is 283 g/mol. The van der Waals surface area contributed by atoms with E-state index in [4.69, 9.17) is 0 Å². The first kappa shape index (κ1) is 15.4. The van der Waals surface area contributed by atoms with Crippen LogP contribution in [0.25, 0.3) is 0 Å². The highest BCUT2D eigenvalue weighted by Crippen LogP contribution is 2.19. The molecular formula is C19H25NO. The first-order chi connectivity index (χ1) is 10.1. The number of hydrogen-bond acceptors (Lipinski definition) is 2. The molecule has 0 heterocycles. The molecule has 0 aliphatic heterocycles. The maximum Gasteiger partial charge on any atom is 0.115 e. The highest BCUT2D eigenvalue weighted by molar-refractivity contribution is 5.47. The number of phenols is 1. The summed E-state index contributed by atoms with van der Waals surface area (Å²) in [6.07, 6.45) is 3.20. The van der Waals surface area contributed by atoms with E-state index in [0.717, 1.165) is 19.3 Å². The number of benzene rings is 2. The minimum Gasteiger partial charge on any atom is -0.508 e. The lowest BCUT2D eigenvalue weighted by atomic mass is 10.0. The molecule has 1 unspecified atom stereocenters. The van der Waals surface area contributed by atoms with Crippen LogP contribution >= 0.6 is 0 Å². The summed E-state index contributed by atoms with van der Waals surface area (Å²) in [5.74, 6) is 0.333. The van der Waals surface area contributed by atoms with Crippen LogP contribution in [0.2, 0.25) is 0 Å². The molecule has 21 heavy (non-hydrogen) atoms. The van der Waals surface area contributed by atoms with Crippen LogP contribution in [0.15, 0.2) is 48.5 Å². The summed E-state index contributed by atoms with van der Waals surface area (Å²) in [5, 5.41) is 9.31. The summed E-state index contributed by atoms with van der Waals surface area (Å²) in [5.41, 5.74) is 3.92. The van der Waals surface area contributed by atoms with Gasteiger partial charge in [0.1, 0.15) is 5.75 Å². The second-order valence-electron chi connectivity index (χ2n) is 5.69. The molecule has 0 bridgehead atoms. The minimum atomic E-state index is 0.333. The first-order valence-electron chi connectivity index (χ1n) is 7.70. The van der Waals surface area contributed by atoms with Gasteiger partial charge in [-0.25, -0.2) is 0 Å². The van der Waals surface area contributed by atoms with Gasteiger partial charge in [0.05, 0.1) is 0 Å². The van der Waals surface area contributed by atoms with Crippen molar-refractivity contribution in [1.29, 1.82) is 0 Å². The van der Waals surface area contributed by atoms with Crippen molar-refractivity contribution in [3.63, 3.8) is 0 Å². The molecule has 2 aromatic rings. The highest BCUT2D eigenvalue weighted by atomic mass is 16.3. The van der Waals surface area contributed by atoms with Gasteiger partial charge in [-0.1, -0.05) is 31.2 Å². The van der Waals surface area contributed by atoms with Gasteiger partial charge in [0.25, 0.3) is 0 Å². The van der Waals surface area contributed by atoms with Crippen molar-refractivity contribution in [3.05, 3.63) is 59.7 Å². The molecule has 0 amide bonds. The van der Waals surface area contributed by atoms with E-state index in [9.17, 15) is 5.11 Å². The Morgan fingerprint density at radius 1 is 0.952 bits per heavy atom. The molecule has 2 rings (SSSR count). The molecule has 112 valence electrons. The average molecular weight is 283 g/mol. The van der Waals surface area contributed by atoms with Crippen LogP contribution in [0.1, 0.15) is 31.4 Å². The fourth-order valence-electron chi connectivity index (χ4n) is 2.45. The number of anilines is 1. The third kappa shape index (κ3) is 4.25.